The minimum Gasteiger partial charge on any atom is -0.490 e. The van der Waals surface area contributed by atoms with E-state index in [0.29, 0.717) is 18.0 Å². The van der Waals surface area contributed by atoms with Crippen molar-refractivity contribution < 1.29 is 13.2 Å². The predicted octanol–water partition coefficient (Wildman–Crippen LogP) is 3.81. The Morgan fingerprint density at radius 3 is 2.29 bits per heavy atom. The molecule has 0 aliphatic rings. The Kier molecular flexibility index (Phi) is 5.03. The Balaban J connectivity index is 2.13. The number of ether oxygens (including phenoxy) is 1. The first-order valence-electron chi connectivity index (χ1n) is 6.13. The van der Waals surface area contributed by atoms with Crippen LogP contribution in [0.3, 0.4) is 0 Å². The van der Waals surface area contributed by atoms with E-state index in [1.165, 1.54) is 12.1 Å². The average Bonchev–Trinajstić information content (AvgIpc) is 2.47. The molecule has 0 atom stereocenters. The third-order valence-electron chi connectivity index (χ3n) is 2.60. The molecular formula is C15H14BrNO3S. The molecule has 0 saturated carbocycles. The summed E-state index contributed by atoms with van der Waals surface area (Å²) in [7, 11) is -3.59. The summed E-state index contributed by atoms with van der Waals surface area (Å²) in [6, 6.07) is 13.1. The number of halogens is 1. The SMILES string of the molecule is C=CCOc1ccc(NS(=O)(=O)c2ccc(Br)cc2)cc1. The Bertz CT molecular complexity index is 710. The van der Waals surface area contributed by atoms with Crippen molar-refractivity contribution in [2.75, 3.05) is 11.3 Å². The number of rotatable bonds is 6. The predicted molar refractivity (Wildman–Crippen MR) is 87.1 cm³/mol. The molecule has 0 unspecified atom stereocenters. The molecule has 2 rings (SSSR count). The fourth-order valence-corrected chi connectivity index (χ4v) is 2.93. The van der Waals surface area contributed by atoms with Crippen LogP contribution in [0.1, 0.15) is 0 Å². The smallest absolute Gasteiger partial charge is 0.261 e. The van der Waals surface area contributed by atoms with Gasteiger partial charge in [-0.15, -0.1) is 0 Å². The van der Waals surface area contributed by atoms with Gasteiger partial charge in [-0.2, -0.15) is 0 Å². The highest BCUT2D eigenvalue weighted by atomic mass is 79.9. The van der Waals surface area contributed by atoms with Gasteiger partial charge in [-0.3, -0.25) is 4.72 Å². The van der Waals surface area contributed by atoms with E-state index in [-0.39, 0.29) is 4.90 Å². The summed E-state index contributed by atoms with van der Waals surface area (Å²) in [6.45, 7) is 3.97. The van der Waals surface area contributed by atoms with E-state index in [0.717, 1.165) is 4.47 Å². The third kappa shape index (κ3) is 4.34. The lowest BCUT2D eigenvalue weighted by atomic mass is 10.3. The summed E-state index contributed by atoms with van der Waals surface area (Å²) < 4.78 is 33.1. The molecule has 0 aliphatic carbocycles. The van der Waals surface area contributed by atoms with Crippen LogP contribution >= 0.6 is 15.9 Å². The van der Waals surface area contributed by atoms with Gasteiger partial charge >= 0.3 is 0 Å². The number of nitrogens with one attached hydrogen (secondary N) is 1. The van der Waals surface area contributed by atoms with Gasteiger partial charge < -0.3 is 4.74 Å². The summed E-state index contributed by atoms with van der Waals surface area (Å²) >= 11 is 3.27. The van der Waals surface area contributed by atoms with Gasteiger partial charge in [0.05, 0.1) is 4.90 Å². The second-order valence-corrected chi connectivity index (χ2v) is 6.78. The van der Waals surface area contributed by atoms with Crippen LogP contribution in [-0.2, 0) is 10.0 Å². The Labute approximate surface area is 132 Å². The maximum Gasteiger partial charge on any atom is 0.261 e. The van der Waals surface area contributed by atoms with Crippen molar-refractivity contribution in [2.24, 2.45) is 0 Å². The molecule has 0 aromatic heterocycles. The van der Waals surface area contributed by atoms with Crippen LogP contribution in [0, 0.1) is 0 Å². The second kappa shape index (κ2) is 6.78. The highest BCUT2D eigenvalue weighted by Gasteiger charge is 2.13. The minimum absolute atomic E-state index is 0.206. The highest BCUT2D eigenvalue weighted by Crippen LogP contribution is 2.20. The molecule has 2 aromatic rings. The van der Waals surface area contributed by atoms with Crippen LogP contribution in [0.25, 0.3) is 0 Å². The van der Waals surface area contributed by atoms with Gasteiger partial charge in [-0.1, -0.05) is 28.6 Å². The molecule has 0 saturated heterocycles. The first-order valence-corrected chi connectivity index (χ1v) is 8.41. The molecule has 110 valence electrons. The third-order valence-corrected chi connectivity index (χ3v) is 4.52. The normalized spacial score (nSPS) is 10.9. The molecule has 21 heavy (non-hydrogen) atoms. The number of benzene rings is 2. The first-order chi connectivity index (χ1) is 10.0. The summed E-state index contributed by atoms with van der Waals surface area (Å²) in [4.78, 5) is 0.206. The van der Waals surface area contributed by atoms with E-state index in [9.17, 15) is 8.42 Å². The summed E-state index contributed by atoms with van der Waals surface area (Å²) in [5.41, 5.74) is 0.476. The van der Waals surface area contributed by atoms with Crippen molar-refractivity contribution in [1.29, 1.82) is 0 Å². The molecular weight excluding hydrogens is 354 g/mol. The van der Waals surface area contributed by atoms with E-state index >= 15 is 0 Å². The molecule has 0 radical (unpaired) electrons. The zero-order valence-corrected chi connectivity index (χ0v) is 13.5. The maximum absolute atomic E-state index is 12.2. The van der Waals surface area contributed by atoms with Gasteiger partial charge in [-0.05, 0) is 48.5 Å². The van der Waals surface area contributed by atoms with Gasteiger partial charge in [-0.25, -0.2) is 8.42 Å². The monoisotopic (exact) mass is 367 g/mol. The van der Waals surface area contributed by atoms with Gasteiger partial charge in [0, 0.05) is 10.2 Å². The van der Waals surface area contributed by atoms with Crippen LogP contribution in [0.5, 0.6) is 5.75 Å². The molecule has 6 heteroatoms. The lowest BCUT2D eigenvalue weighted by molar-refractivity contribution is 0.363. The standard InChI is InChI=1S/C15H14BrNO3S/c1-2-11-20-14-7-5-13(6-8-14)17-21(18,19)15-9-3-12(16)4-10-15/h2-10,17H,1,11H2. The number of hydrogen-bond acceptors (Lipinski definition) is 3. The lowest BCUT2D eigenvalue weighted by Gasteiger charge is -2.09. The second-order valence-electron chi connectivity index (χ2n) is 4.18. The van der Waals surface area contributed by atoms with Crippen molar-refractivity contribution in [2.45, 2.75) is 4.90 Å². The zero-order chi connectivity index (χ0) is 15.3. The van der Waals surface area contributed by atoms with Crippen molar-refractivity contribution in [3.05, 3.63) is 65.7 Å². The first kappa shape index (κ1) is 15.6. The van der Waals surface area contributed by atoms with Crippen molar-refractivity contribution in [3.8, 4) is 5.75 Å². The van der Waals surface area contributed by atoms with Crippen LogP contribution in [-0.4, -0.2) is 15.0 Å². The quantitative estimate of drug-likeness (QED) is 0.789. The molecule has 0 aliphatic heterocycles. The van der Waals surface area contributed by atoms with E-state index in [2.05, 4.69) is 27.2 Å². The van der Waals surface area contributed by atoms with E-state index in [1.54, 1.807) is 42.5 Å². The summed E-state index contributed by atoms with van der Waals surface area (Å²) in [5.74, 6) is 0.654. The van der Waals surface area contributed by atoms with E-state index in [4.69, 9.17) is 4.74 Å². The molecule has 2 aromatic carbocycles. The van der Waals surface area contributed by atoms with Crippen LogP contribution in [0.4, 0.5) is 5.69 Å². The van der Waals surface area contributed by atoms with Gasteiger partial charge in [0.15, 0.2) is 0 Å². The van der Waals surface area contributed by atoms with Crippen LogP contribution in [0.15, 0.2) is 70.6 Å². The topological polar surface area (TPSA) is 55.4 Å². The molecule has 0 bridgehead atoms. The van der Waals surface area contributed by atoms with Crippen molar-refractivity contribution >= 4 is 31.6 Å². The molecule has 0 amide bonds. The Hall–Kier alpha value is -1.79. The van der Waals surface area contributed by atoms with Crippen LogP contribution in [0.2, 0.25) is 0 Å². The van der Waals surface area contributed by atoms with Gasteiger partial charge in [0.25, 0.3) is 10.0 Å². The number of hydrogen-bond donors (Lipinski definition) is 1. The van der Waals surface area contributed by atoms with Crippen molar-refractivity contribution in [1.82, 2.24) is 0 Å². The summed E-state index contributed by atoms with van der Waals surface area (Å²) in [6.07, 6.45) is 1.64. The van der Waals surface area contributed by atoms with E-state index < -0.39 is 10.0 Å². The van der Waals surface area contributed by atoms with Gasteiger partial charge in [0.1, 0.15) is 12.4 Å². The minimum atomic E-state index is -3.59. The Morgan fingerprint density at radius 1 is 1.10 bits per heavy atom. The van der Waals surface area contributed by atoms with Gasteiger partial charge in [0.2, 0.25) is 0 Å². The highest BCUT2D eigenvalue weighted by molar-refractivity contribution is 9.10. The number of sulfonamides is 1. The zero-order valence-electron chi connectivity index (χ0n) is 11.1. The maximum atomic E-state index is 12.2. The molecule has 1 N–H and O–H groups in total. The molecule has 0 heterocycles. The summed E-state index contributed by atoms with van der Waals surface area (Å²) in [5, 5.41) is 0. The fourth-order valence-electron chi connectivity index (χ4n) is 1.60. The largest absolute Gasteiger partial charge is 0.490 e. The molecule has 0 fully saturated rings. The molecule has 0 spiro atoms. The fraction of sp³-hybridized carbons (Fsp3) is 0.0667. The Morgan fingerprint density at radius 2 is 1.71 bits per heavy atom. The average molecular weight is 368 g/mol. The van der Waals surface area contributed by atoms with E-state index in [1.807, 2.05) is 0 Å². The lowest BCUT2D eigenvalue weighted by Crippen LogP contribution is -2.12. The van der Waals surface area contributed by atoms with Crippen LogP contribution < -0.4 is 9.46 Å². The molecule has 4 nitrogen and oxygen atoms in total. The van der Waals surface area contributed by atoms with Crippen molar-refractivity contribution in [3.63, 3.8) is 0 Å². The number of anilines is 1.